The van der Waals surface area contributed by atoms with E-state index in [1.807, 2.05) is 0 Å². The molecule has 1 unspecified atom stereocenters. The van der Waals surface area contributed by atoms with Gasteiger partial charge in [0, 0.05) is 32.9 Å². The lowest BCUT2D eigenvalue weighted by Gasteiger charge is -2.15. The number of anilines is 1. The van der Waals surface area contributed by atoms with Crippen LogP contribution in [0.1, 0.15) is 23.3 Å². The smallest absolute Gasteiger partial charge is 0.276 e. The third-order valence-electron chi connectivity index (χ3n) is 3.17. The normalized spacial score (nSPS) is 19.9. The highest BCUT2D eigenvalue weighted by molar-refractivity contribution is 5.97. The Morgan fingerprint density at radius 1 is 1.71 bits per heavy atom. The molecule has 1 amide bonds. The van der Waals surface area contributed by atoms with Crippen molar-refractivity contribution in [1.29, 1.82) is 0 Å². The van der Waals surface area contributed by atoms with Crippen LogP contribution in [0.4, 0.5) is 5.69 Å². The maximum Gasteiger partial charge on any atom is 0.276 e. The summed E-state index contributed by atoms with van der Waals surface area (Å²) in [4.78, 5) is 13.9. The number of aromatic nitrogens is 2. The van der Waals surface area contributed by atoms with E-state index in [-0.39, 0.29) is 12.5 Å². The first-order valence-electron chi connectivity index (χ1n) is 5.81. The van der Waals surface area contributed by atoms with Gasteiger partial charge in [0.2, 0.25) is 0 Å². The zero-order valence-corrected chi connectivity index (χ0v) is 9.96. The van der Waals surface area contributed by atoms with Crippen LogP contribution < -0.4 is 5.73 Å². The van der Waals surface area contributed by atoms with E-state index >= 15 is 0 Å². The van der Waals surface area contributed by atoms with Crippen LogP contribution in [-0.4, -0.2) is 45.4 Å². The fraction of sp³-hybridized carbons (Fsp3) is 0.636. The molecule has 1 saturated heterocycles. The topological polar surface area (TPSA) is 84.4 Å². The Kier molecular flexibility index (Phi) is 3.33. The number of aryl methyl sites for hydroxylation is 1. The van der Waals surface area contributed by atoms with Crippen LogP contribution in [0.5, 0.6) is 0 Å². The zero-order valence-electron chi connectivity index (χ0n) is 9.96. The highest BCUT2D eigenvalue weighted by Gasteiger charge is 2.28. The number of amides is 1. The molecule has 0 radical (unpaired) electrons. The first-order chi connectivity index (χ1) is 8.11. The summed E-state index contributed by atoms with van der Waals surface area (Å²) in [5.74, 6) is 0.289. The molecule has 1 aliphatic rings. The van der Waals surface area contributed by atoms with E-state index in [1.165, 1.54) is 0 Å². The Labute approximate surface area is 100 Å². The van der Waals surface area contributed by atoms with Crippen LogP contribution in [-0.2, 0) is 7.05 Å². The summed E-state index contributed by atoms with van der Waals surface area (Å²) in [6.45, 7) is 1.59. The summed E-state index contributed by atoms with van der Waals surface area (Å²) in [7, 11) is 1.74. The number of hydrogen-bond donors (Lipinski definition) is 2. The number of hydrogen-bond acceptors (Lipinski definition) is 4. The van der Waals surface area contributed by atoms with Crippen molar-refractivity contribution in [3.05, 3.63) is 11.9 Å². The lowest BCUT2D eigenvalue weighted by atomic mass is 10.1. The Balaban J connectivity index is 2.04. The predicted octanol–water partition coefficient (Wildman–Crippen LogP) is -0.153. The molecule has 0 saturated carbocycles. The molecule has 0 aromatic carbocycles. The average molecular weight is 238 g/mol. The molecule has 0 bridgehead atoms. The van der Waals surface area contributed by atoms with Crippen LogP contribution in [0.3, 0.4) is 0 Å². The van der Waals surface area contributed by atoms with Gasteiger partial charge in [-0.15, -0.1) is 0 Å². The molecular weight excluding hydrogens is 220 g/mol. The minimum absolute atomic E-state index is 0.108. The summed E-state index contributed by atoms with van der Waals surface area (Å²) in [6.07, 6.45) is 3.33. The second-order valence-electron chi connectivity index (χ2n) is 4.52. The van der Waals surface area contributed by atoms with Gasteiger partial charge in [-0.3, -0.25) is 9.48 Å². The second-order valence-corrected chi connectivity index (χ2v) is 4.52. The largest absolute Gasteiger partial charge is 0.396 e. The molecule has 2 rings (SSSR count). The molecule has 1 aromatic rings. The van der Waals surface area contributed by atoms with Crippen molar-refractivity contribution >= 4 is 11.6 Å². The van der Waals surface area contributed by atoms with Crippen molar-refractivity contribution in [2.45, 2.75) is 12.8 Å². The third-order valence-corrected chi connectivity index (χ3v) is 3.17. The minimum atomic E-state index is -0.108. The van der Waals surface area contributed by atoms with E-state index < -0.39 is 0 Å². The first-order valence-corrected chi connectivity index (χ1v) is 5.81. The first kappa shape index (κ1) is 11.9. The molecule has 17 heavy (non-hydrogen) atoms. The highest BCUT2D eigenvalue weighted by Crippen LogP contribution is 2.22. The number of carbonyl (C=O) groups excluding carboxylic acids is 1. The number of aliphatic hydroxyl groups is 1. The third kappa shape index (κ3) is 2.41. The fourth-order valence-corrected chi connectivity index (χ4v) is 2.26. The molecular formula is C11H18N4O2. The number of nitrogens with zero attached hydrogens (tertiary/aromatic N) is 3. The Morgan fingerprint density at radius 3 is 3.06 bits per heavy atom. The Morgan fingerprint density at radius 2 is 2.47 bits per heavy atom. The molecule has 0 spiro atoms. The monoisotopic (exact) mass is 238 g/mol. The molecule has 0 aliphatic carbocycles. The van der Waals surface area contributed by atoms with Crippen molar-refractivity contribution in [3.63, 3.8) is 0 Å². The van der Waals surface area contributed by atoms with E-state index in [0.717, 1.165) is 19.4 Å². The van der Waals surface area contributed by atoms with Gasteiger partial charge < -0.3 is 15.7 Å². The molecule has 94 valence electrons. The van der Waals surface area contributed by atoms with Crippen molar-refractivity contribution < 1.29 is 9.90 Å². The van der Waals surface area contributed by atoms with Crippen molar-refractivity contribution in [2.75, 3.05) is 25.4 Å². The lowest BCUT2D eigenvalue weighted by Crippen LogP contribution is -2.29. The second kappa shape index (κ2) is 4.75. The maximum absolute atomic E-state index is 12.1. The lowest BCUT2D eigenvalue weighted by molar-refractivity contribution is 0.0779. The van der Waals surface area contributed by atoms with Crippen LogP contribution >= 0.6 is 0 Å². The van der Waals surface area contributed by atoms with Gasteiger partial charge in [0.1, 0.15) is 0 Å². The van der Waals surface area contributed by atoms with E-state index in [4.69, 9.17) is 10.8 Å². The highest BCUT2D eigenvalue weighted by atomic mass is 16.3. The van der Waals surface area contributed by atoms with Crippen LogP contribution in [0.2, 0.25) is 0 Å². The summed E-state index contributed by atoms with van der Waals surface area (Å²) in [6, 6.07) is 0. The Bertz CT molecular complexity index is 416. The van der Waals surface area contributed by atoms with Gasteiger partial charge in [0.05, 0.1) is 5.69 Å². The zero-order chi connectivity index (χ0) is 12.4. The molecule has 1 fully saturated rings. The minimum Gasteiger partial charge on any atom is -0.396 e. The summed E-state index contributed by atoms with van der Waals surface area (Å²) < 4.78 is 1.55. The summed E-state index contributed by atoms with van der Waals surface area (Å²) in [5, 5.41) is 13.0. The Hall–Kier alpha value is -1.56. The number of aliphatic hydroxyl groups excluding tert-OH is 1. The van der Waals surface area contributed by atoms with Crippen molar-refractivity contribution in [2.24, 2.45) is 13.0 Å². The quantitative estimate of drug-likeness (QED) is 0.766. The van der Waals surface area contributed by atoms with E-state index in [1.54, 1.807) is 22.8 Å². The molecule has 1 aliphatic heterocycles. The van der Waals surface area contributed by atoms with Crippen LogP contribution in [0.25, 0.3) is 0 Å². The number of nitrogen functional groups attached to an aromatic ring is 1. The van der Waals surface area contributed by atoms with Gasteiger partial charge in [0.25, 0.3) is 5.91 Å². The van der Waals surface area contributed by atoms with Gasteiger partial charge in [-0.1, -0.05) is 0 Å². The number of likely N-dealkylation sites (tertiary alicyclic amines) is 1. The van der Waals surface area contributed by atoms with Gasteiger partial charge in [-0.2, -0.15) is 5.10 Å². The van der Waals surface area contributed by atoms with Crippen LogP contribution in [0, 0.1) is 5.92 Å². The molecule has 6 nitrogen and oxygen atoms in total. The molecule has 1 atom stereocenters. The number of rotatable bonds is 3. The predicted molar refractivity (Wildman–Crippen MR) is 63.3 cm³/mol. The maximum atomic E-state index is 12.1. The van der Waals surface area contributed by atoms with E-state index in [2.05, 4.69) is 5.10 Å². The van der Waals surface area contributed by atoms with Crippen molar-refractivity contribution in [1.82, 2.24) is 14.7 Å². The average Bonchev–Trinajstić information content (AvgIpc) is 2.85. The summed E-state index contributed by atoms with van der Waals surface area (Å²) in [5.41, 5.74) is 6.48. The molecule has 2 heterocycles. The van der Waals surface area contributed by atoms with E-state index in [0.29, 0.717) is 23.8 Å². The fourth-order valence-electron chi connectivity index (χ4n) is 2.26. The van der Waals surface area contributed by atoms with Crippen molar-refractivity contribution in [3.8, 4) is 0 Å². The molecule has 3 N–H and O–H groups in total. The SMILES string of the molecule is Cn1cc(N)c(C(=O)N2CCC(CCO)C2)n1. The van der Waals surface area contributed by atoms with Gasteiger partial charge >= 0.3 is 0 Å². The van der Waals surface area contributed by atoms with Gasteiger partial charge in [0.15, 0.2) is 5.69 Å². The van der Waals surface area contributed by atoms with Gasteiger partial charge in [-0.25, -0.2) is 0 Å². The number of carbonyl (C=O) groups is 1. The van der Waals surface area contributed by atoms with E-state index in [9.17, 15) is 4.79 Å². The number of nitrogens with two attached hydrogens (primary N) is 1. The summed E-state index contributed by atoms with van der Waals surface area (Å²) >= 11 is 0. The molecule has 6 heteroatoms. The molecule has 1 aromatic heterocycles. The van der Waals surface area contributed by atoms with Crippen LogP contribution in [0.15, 0.2) is 6.20 Å². The standard InChI is InChI=1S/C11H18N4O2/c1-14-7-9(12)10(13-14)11(17)15-4-2-8(6-15)3-5-16/h7-8,16H,2-6,12H2,1H3. The van der Waals surface area contributed by atoms with Gasteiger partial charge in [-0.05, 0) is 18.8 Å².